The summed E-state index contributed by atoms with van der Waals surface area (Å²) in [6, 6.07) is 15.1. The molecule has 0 saturated heterocycles. The highest BCUT2D eigenvalue weighted by Gasteiger charge is 2.38. The zero-order valence-corrected chi connectivity index (χ0v) is 11.8. The maximum atomic E-state index is 11.9. The first-order valence-corrected chi connectivity index (χ1v) is 7.31. The summed E-state index contributed by atoms with van der Waals surface area (Å²) in [4.78, 5) is 23.9. The summed E-state index contributed by atoms with van der Waals surface area (Å²) in [6.07, 6.45) is 0.562. The summed E-state index contributed by atoms with van der Waals surface area (Å²) >= 11 is 0. The Bertz CT molecular complexity index is 700. The maximum Gasteiger partial charge on any atom is 0.311 e. The van der Waals surface area contributed by atoms with Crippen LogP contribution in [0.1, 0.15) is 35.8 Å². The SMILES string of the molecule is O=C1CC(C2CC(=O)Oc3ccccc32)c2ccccc2O1. The zero-order chi connectivity index (χ0) is 15.1. The first-order valence-electron chi connectivity index (χ1n) is 7.31. The van der Waals surface area contributed by atoms with Gasteiger partial charge in [0.1, 0.15) is 11.5 Å². The van der Waals surface area contributed by atoms with Crippen LogP contribution in [0.4, 0.5) is 0 Å². The highest BCUT2D eigenvalue weighted by molar-refractivity contribution is 5.80. The molecule has 0 bridgehead atoms. The second kappa shape index (κ2) is 4.98. The highest BCUT2D eigenvalue weighted by Crippen LogP contribution is 2.48. The van der Waals surface area contributed by atoms with Gasteiger partial charge in [0.15, 0.2) is 0 Å². The summed E-state index contributed by atoms with van der Waals surface area (Å²) < 4.78 is 10.6. The van der Waals surface area contributed by atoms with Crippen LogP contribution in [0.15, 0.2) is 48.5 Å². The predicted molar refractivity (Wildman–Crippen MR) is 78.9 cm³/mol. The molecule has 0 radical (unpaired) electrons. The van der Waals surface area contributed by atoms with E-state index in [1.54, 1.807) is 12.1 Å². The van der Waals surface area contributed by atoms with Crippen LogP contribution in [-0.2, 0) is 9.59 Å². The summed E-state index contributed by atoms with van der Waals surface area (Å²) in [5.74, 6) is 0.568. The molecule has 2 aromatic rings. The molecule has 110 valence electrons. The molecule has 0 amide bonds. The smallest absolute Gasteiger partial charge is 0.311 e. The van der Waals surface area contributed by atoms with Crippen molar-refractivity contribution in [2.75, 3.05) is 0 Å². The monoisotopic (exact) mass is 294 g/mol. The van der Waals surface area contributed by atoms with E-state index in [-0.39, 0.29) is 36.6 Å². The Kier molecular flexibility index (Phi) is 2.96. The van der Waals surface area contributed by atoms with E-state index < -0.39 is 0 Å². The highest BCUT2D eigenvalue weighted by atomic mass is 16.5. The van der Waals surface area contributed by atoms with Crippen LogP contribution in [0.2, 0.25) is 0 Å². The average Bonchev–Trinajstić information content (AvgIpc) is 2.53. The number of fused-ring (bicyclic) bond motifs is 2. The number of ether oxygens (including phenoxy) is 2. The fourth-order valence-electron chi connectivity index (χ4n) is 3.39. The zero-order valence-electron chi connectivity index (χ0n) is 11.8. The topological polar surface area (TPSA) is 52.6 Å². The van der Waals surface area contributed by atoms with Crippen LogP contribution in [0.3, 0.4) is 0 Å². The maximum absolute atomic E-state index is 11.9. The molecule has 0 aliphatic carbocycles. The predicted octanol–water partition coefficient (Wildman–Crippen LogP) is 3.17. The number of para-hydroxylation sites is 2. The van der Waals surface area contributed by atoms with Gasteiger partial charge in [-0.05, 0) is 23.3 Å². The third kappa shape index (κ3) is 2.08. The van der Waals surface area contributed by atoms with Crippen LogP contribution in [-0.4, -0.2) is 11.9 Å². The van der Waals surface area contributed by atoms with Gasteiger partial charge in [-0.15, -0.1) is 0 Å². The van der Waals surface area contributed by atoms with E-state index in [4.69, 9.17) is 9.47 Å². The number of carbonyl (C=O) groups excluding carboxylic acids is 2. The Morgan fingerprint density at radius 3 is 1.55 bits per heavy atom. The minimum atomic E-state index is -0.250. The molecule has 4 heteroatoms. The second-order valence-electron chi connectivity index (χ2n) is 5.65. The molecule has 2 unspecified atom stereocenters. The average molecular weight is 294 g/mol. The van der Waals surface area contributed by atoms with Gasteiger partial charge in [-0.2, -0.15) is 0 Å². The molecule has 4 rings (SSSR count). The van der Waals surface area contributed by atoms with Crippen molar-refractivity contribution in [3.63, 3.8) is 0 Å². The van der Waals surface area contributed by atoms with Gasteiger partial charge in [-0.3, -0.25) is 9.59 Å². The summed E-state index contributed by atoms with van der Waals surface area (Å²) in [5, 5.41) is 0. The van der Waals surface area contributed by atoms with E-state index in [1.807, 2.05) is 36.4 Å². The van der Waals surface area contributed by atoms with Crippen molar-refractivity contribution in [2.45, 2.75) is 24.7 Å². The Hall–Kier alpha value is -2.62. The van der Waals surface area contributed by atoms with Gasteiger partial charge in [0.25, 0.3) is 0 Å². The van der Waals surface area contributed by atoms with Crippen molar-refractivity contribution >= 4 is 11.9 Å². The van der Waals surface area contributed by atoms with Gasteiger partial charge in [0.05, 0.1) is 12.8 Å². The fraction of sp³-hybridized carbons (Fsp3) is 0.222. The minimum absolute atomic E-state index is 0.0635. The molecule has 2 heterocycles. The number of hydrogen-bond donors (Lipinski definition) is 0. The number of benzene rings is 2. The third-order valence-corrected chi connectivity index (χ3v) is 4.34. The third-order valence-electron chi connectivity index (χ3n) is 4.34. The molecular formula is C18H14O4. The van der Waals surface area contributed by atoms with Crippen molar-refractivity contribution in [1.29, 1.82) is 0 Å². The van der Waals surface area contributed by atoms with E-state index >= 15 is 0 Å². The van der Waals surface area contributed by atoms with Gasteiger partial charge < -0.3 is 9.47 Å². The van der Waals surface area contributed by atoms with Gasteiger partial charge in [0.2, 0.25) is 0 Å². The number of carbonyl (C=O) groups is 2. The number of rotatable bonds is 1. The molecule has 2 atom stereocenters. The first-order chi connectivity index (χ1) is 10.7. The lowest BCUT2D eigenvalue weighted by Gasteiger charge is -2.34. The Balaban J connectivity index is 1.82. The van der Waals surface area contributed by atoms with E-state index in [2.05, 4.69) is 0 Å². The van der Waals surface area contributed by atoms with E-state index in [0.717, 1.165) is 11.1 Å². The van der Waals surface area contributed by atoms with Crippen molar-refractivity contribution in [1.82, 2.24) is 0 Å². The van der Waals surface area contributed by atoms with Crippen molar-refractivity contribution in [2.24, 2.45) is 0 Å². The Morgan fingerprint density at radius 2 is 1.09 bits per heavy atom. The molecule has 0 saturated carbocycles. The normalized spacial score (nSPS) is 23.1. The van der Waals surface area contributed by atoms with E-state index in [9.17, 15) is 9.59 Å². The number of hydrogen-bond acceptors (Lipinski definition) is 4. The lowest BCUT2D eigenvalue weighted by atomic mass is 9.75. The molecule has 2 aromatic carbocycles. The summed E-state index contributed by atoms with van der Waals surface area (Å²) in [6.45, 7) is 0. The molecule has 2 aliphatic heterocycles. The summed E-state index contributed by atoms with van der Waals surface area (Å²) in [7, 11) is 0. The van der Waals surface area contributed by atoms with Crippen LogP contribution in [0.25, 0.3) is 0 Å². The minimum Gasteiger partial charge on any atom is -0.426 e. The molecule has 0 aromatic heterocycles. The van der Waals surface area contributed by atoms with Gasteiger partial charge in [-0.25, -0.2) is 0 Å². The van der Waals surface area contributed by atoms with Crippen molar-refractivity contribution < 1.29 is 19.1 Å². The van der Waals surface area contributed by atoms with Crippen LogP contribution >= 0.6 is 0 Å². The van der Waals surface area contributed by atoms with Crippen molar-refractivity contribution in [3.8, 4) is 11.5 Å². The van der Waals surface area contributed by atoms with E-state index in [1.165, 1.54) is 0 Å². The van der Waals surface area contributed by atoms with Crippen LogP contribution in [0.5, 0.6) is 11.5 Å². The molecular weight excluding hydrogens is 280 g/mol. The molecule has 0 spiro atoms. The molecule has 2 aliphatic rings. The van der Waals surface area contributed by atoms with Crippen LogP contribution in [0, 0.1) is 0 Å². The molecule has 4 nitrogen and oxygen atoms in total. The number of esters is 2. The van der Waals surface area contributed by atoms with E-state index in [0.29, 0.717) is 11.5 Å². The van der Waals surface area contributed by atoms with Crippen molar-refractivity contribution in [3.05, 3.63) is 59.7 Å². The van der Waals surface area contributed by atoms with Gasteiger partial charge in [-0.1, -0.05) is 36.4 Å². The molecule has 0 fully saturated rings. The molecule has 0 N–H and O–H groups in total. The van der Waals surface area contributed by atoms with Gasteiger partial charge in [0, 0.05) is 11.8 Å². The Morgan fingerprint density at radius 1 is 0.682 bits per heavy atom. The van der Waals surface area contributed by atoms with Gasteiger partial charge >= 0.3 is 11.9 Å². The quantitative estimate of drug-likeness (QED) is 0.599. The lowest BCUT2D eigenvalue weighted by Crippen LogP contribution is -2.29. The molecule has 22 heavy (non-hydrogen) atoms. The Labute approximate surface area is 127 Å². The van der Waals surface area contributed by atoms with Crippen LogP contribution < -0.4 is 9.47 Å². The fourth-order valence-corrected chi connectivity index (χ4v) is 3.39. The standard InChI is InChI=1S/C18H14O4/c19-17-9-13(11-5-1-3-7-15(11)21-17)14-10-18(20)22-16-8-4-2-6-12(14)16/h1-8,13-14H,9-10H2. The first kappa shape index (κ1) is 13.1. The summed E-state index contributed by atoms with van der Waals surface area (Å²) in [5.41, 5.74) is 1.97. The lowest BCUT2D eigenvalue weighted by molar-refractivity contribution is -0.139. The second-order valence-corrected chi connectivity index (χ2v) is 5.65. The largest absolute Gasteiger partial charge is 0.426 e.